The first-order valence-corrected chi connectivity index (χ1v) is 9.46. The largest absolute Gasteiger partial charge is 0.356 e. The van der Waals surface area contributed by atoms with E-state index >= 15 is 0 Å². The fourth-order valence-corrected chi connectivity index (χ4v) is 4.19. The summed E-state index contributed by atoms with van der Waals surface area (Å²) in [5.41, 5.74) is 2.64. The van der Waals surface area contributed by atoms with Gasteiger partial charge in [0.25, 0.3) is 11.8 Å². The molecule has 4 nitrogen and oxygen atoms in total. The lowest BCUT2D eigenvalue weighted by atomic mass is 9.87. The summed E-state index contributed by atoms with van der Waals surface area (Å²) in [4.78, 5) is 26.6. The number of ether oxygens (including phenoxy) is 1. The Labute approximate surface area is 163 Å². The van der Waals surface area contributed by atoms with E-state index in [0.717, 1.165) is 11.1 Å². The number of nitrogens with zero attached hydrogens (tertiary/aromatic N) is 1. The summed E-state index contributed by atoms with van der Waals surface area (Å²) in [6, 6.07) is 27.2. The molecule has 2 heterocycles. The number of epoxide rings is 1. The Balaban J connectivity index is 1.38. The van der Waals surface area contributed by atoms with Gasteiger partial charge >= 0.3 is 0 Å². The second-order valence-electron chi connectivity index (χ2n) is 7.17. The first-order valence-electron chi connectivity index (χ1n) is 9.46. The third kappa shape index (κ3) is 2.49. The number of fused-ring (bicyclic) bond motifs is 1. The van der Waals surface area contributed by atoms with Gasteiger partial charge in [0.2, 0.25) is 0 Å². The van der Waals surface area contributed by atoms with Crippen molar-refractivity contribution < 1.29 is 14.3 Å². The molecule has 0 spiro atoms. The van der Waals surface area contributed by atoms with Crippen molar-refractivity contribution in [3.63, 3.8) is 0 Å². The van der Waals surface area contributed by atoms with Crippen LogP contribution in [0.5, 0.6) is 0 Å². The first-order chi connectivity index (χ1) is 13.7. The number of carbonyl (C=O) groups is 2. The Morgan fingerprint density at radius 3 is 1.68 bits per heavy atom. The van der Waals surface area contributed by atoms with Crippen molar-refractivity contribution in [2.75, 3.05) is 6.54 Å². The Bertz CT molecular complexity index is 971. The minimum Gasteiger partial charge on any atom is -0.356 e. The summed E-state index contributed by atoms with van der Waals surface area (Å²) in [6.07, 6.45) is 0.511. The van der Waals surface area contributed by atoms with Crippen LogP contribution in [0.3, 0.4) is 0 Å². The van der Waals surface area contributed by atoms with E-state index in [1.807, 2.05) is 36.4 Å². The van der Waals surface area contributed by atoms with E-state index in [2.05, 4.69) is 24.3 Å². The second-order valence-corrected chi connectivity index (χ2v) is 7.17. The highest BCUT2D eigenvalue weighted by Gasteiger charge is 2.58. The zero-order valence-electron chi connectivity index (χ0n) is 15.2. The molecular formula is C24H19NO3. The third-order valence-electron chi connectivity index (χ3n) is 5.62. The predicted octanol–water partition coefficient (Wildman–Crippen LogP) is 4.02. The smallest absolute Gasteiger partial charge is 0.261 e. The fourth-order valence-electron chi connectivity index (χ4n) is 4.19. The van der Waals surface area contributed by atoms with E-state index in [-0.39, 0.29) is 17.9 Å². The molecule has 138 valence electrons. The highest BCUT2D eigenvalue weighted by Crippen LogP contribution is 2.53. The van der Waals surface area contributed by atoms with Crippen molar-refractivity contribution in [2.45, 2.75) is 18.1 Å². The molecule has 2 amide bonds. The standard InChI is InChI=1S/C24H19NO3/c26-22-19-13-7-8-14-20(19)23(27)25(22)16-15-21-24(28-21,17-9-3-1-4-10-17)18-11-5-2-6-12-18/h1-14,21H,15-16H2. The number of hydrogen-bond acceptors (Lipinski definition) is 3. The number of rotatable bonds is 5. The predicted molar refractivity (Wildman–Crippen MR) is 105 cm³/mol. The summed E-state index contributed by atoms with van der Waals surface area (Å²) in [6.45, 7) is 0.346. The van der Waals surface area contributed by atoms with Gasteiger partial charge < -0.3 is 4.74 Å². The minimum atomic E-state index is -0.513. The van der Waals surface area contributed by atoms with E-state index in [9.17, 15) is 9.59 Å². The Kier molecular flexibility index (Phi) is 3.88. The average molecular weight is 369 g/mol. The average Bonchev–Trinajstić information content (AvgIpc) is 3.45. The molecule has 4 heteroatoms. The molecule has 0 N–H and O–H groups in total. The fraction of sp³-hybridized carbons (Fsp3) is 0.167. The Morgan fingerprint density at radius 1 is 0.714 bits per heavy atom. The molecule has 1 saturated heterocycles. The van der Waals surface area contributed by atoms with Crippen LogP contribution in [0, 0.1) is 0 Å². The number of hydrogen-bond donors (Lipinski definition) is 0. The minimum absolute atomic E-state index is 0.0818. The van der Waals surface area contributed by atoms with Gasteiger partial charge in [-0.05, 0) is 29.7 Å². The van der Waals surface area contributed by atoms with E-state index in [0.29, 0.717) is 24.1 Å². The first kappa shape index (κ1) is 16.9. The molecule has 0 saturated carbocycles. The van der Waals surface area contributed by atoms with E-state index < -0.39 is 5.60 Å². The van der Waals surface area contributed by atoms with Gasteiger partial charge in [-0.3, -0.25) is 14.5 Å². The molecule has 0 bridgehead atoms. The molecule has 2 aliphatic heterocycles. The van der Waals surface area contributed by atoms with Crippen LogP contribution in [-0.4, -0.2) is 29.4 Å². The van der Waals surface area contributed by atoms with E-state index in [4.69, 9.17) is 4.74 Å². The van der Waals surface area contributed by atoms with Crippen LogP contribution in [-0.2, 0) is 10.3 Å². The van der Waals surface area contributed by atoms with E-state index in [1.54, 1.807) is 24.3 Å². The molecule has 1 unspecified atom stereocenters. The van der Waals surface area contributed by atoms with Crippen molar-refractivity contribution in [2.24, 2.45) is 0 Å². The molecule has 0 radical (unpaired) electrons. The molecule has 2 aliphatic rings. The molecule has 0 aromatic heterocycles. The normalized spacial score (nSPS) is 19.6. The molecule has 1 fully saturated rings. The van der Waals surface area contributed by atoms with Crippen molar-refractivity contribution >= 4 is 11.8 Å². The maximum absolute atomic E-state index is 12.6. The molecule has 5 rings (SSSR count). The van der Waals surface area contributed by atoms with Gasteiger partial charge in [-0.2, -0.15) is 0 Å². The summed E-state index contributed by atoms with van der Waals surface area (Å²) in [5.74, 6) is -0.433. The Morgan fingerprint density at radius 2 is 1.18 bits per heavy atom. The van der Waals surface area contributed by atoms with Gasteiger partial charge in [0, 0.05) is 6.54 Å². The van der Waals surface area contributed by atoms with Crippen LogP contribution in [0.25, 0.3) is 0 Å². The van der Waals surface area contributed by atoms with Crippen molar-refractivity contribution in [3.05, 3.63) is 107 Å². The van der Waals surface area contributed by atoms with Crippen molar-refractivity contribution in [3.8, 4) is 0 Å². The highest BCUT2D eigenvalue weighted by atomic mass is 16.6. The second kappa shape index (κ2) is 6.43. The topological polar surface area (TPSA) is 49.9 Å². The van der Waals surface area contributed by atoms with Crippen LogP contribution in [0.2, 0.25) is 0 Å². The number of amides is 2. The summed E-state index contributed by atoms with van der Waals surface area (Å²) >= 11 is 0. The van der Waals surface area contributed by atoms with Crippen LogP contribution < -0.4 is 0 Å². The monoisotopic (exact) mass is 369 g/mol. The summed E-state index contributed by atoms with van der Waals surface area (Å²) in [7, 11) is 0. The van der Waals surface area contributed by atoms with Gasteiger partial charge in [0.1, 0.15) is 5.60 Å². The van der Waals surface area contributed by atoms with Crippen LogP contribution in [0.1, 0.15) is 38.3 Å². The zero-order valence-corrected chi connectivity index (χ0v) is 15.2. The zero-order chi connectivity index (χ0) is 19.1. The SMILES string of the molecule is O=C1c2ccccc2C(=O)N1CCC1OC1(c1ccccc1)c1ccccc1. The van der Waals surface area contributed by atoms with Crippen LogP contribution in [0.15, 0.2) is 84.9 Å². The van der Waals surface area contributed by atoms with Gasteiger partial charge in [0.05, 0.1) is 17.2 Å². The maximum atomic E-state index is 12.6. The number of benzene rings is 3. The molecule has 3 aromatic carbocycles. The Hall–Kier alpha value is -3.24. The maximum Gasteiger partial charge on any atom is 0.261 e. The molecule has 28 heavy (non-hydrogen) atoms. The van der Waals surface area contributed by atoms with Gasteiger partial charge in [-0.1, -0.05) is 72.8 Å². The van der Waals surface area contributed by atoms with Crippen LogP contribution in [0.4, 0.5) is 0 Å². The molecule has 3 aromatic rings. The lowest BCUT2D eigenvalue weighted by molar-refractivity contribution is 0.0649. The summed E-state index contributed by atoms with van der Waals surface area (Å²) in [5, 5.41) is 0. The lowest BCUT2D eigenvalue weighted by Crippen LogP contribution is -2.32. The lowest BCUT2D eigenvalue weighted by Gasteiger charge is -2.16. The summed E-state index contributed by atoms with van der Waals surface area (Å²) < 4.78 is 6.23. The van der Waals surface area contributed by atoms with Crippen molar-refractivity contribution in [1.29, 1.82) is 0 Å². The molecular weight excluding hydrogens is 350 g/mol. The quantitative estimate of drug-likeness (QED) is 0.504. The number of imide groups is 1. The van der Waals surface area contributed by atoms with Gasteiger partial charge in [-0.15, -0.1) is 0 Å². The van der Waals surface area contributed by atoms with Gasteiger partial charge in [0.15, 0.2) is 0 Å². The third-order valence-corrected chi connectivity index (χ3v) is 5.62. The highest BCUT2D eigenvalue weighted by molar-refractivity contribution is 6.21. The molecule has 1 atom stereocenters. The van der Waals surface area contributed by atoms with Crippen LogP contribution >= 0.6 is 0 Å². The van der Waals surface area contributed by atoms with Gasteiger partial charge in [-0.25, -0.2) is 0 Å². The molecule has 0 aliphatic carbocycles. The van der Waals surface area contributed by atoms with Crippen molar-refractivity contribution in [1.82, 2.24) is 4.90 Å². The number of carbonyl (C=O) groups excluding carboxylic acids is 2. The van der Waals surface area contributed by atoms with E-state index in [1.165, 1.54) is 4.90 Å².